The summed E-state index contributed by atoms with van der Waals surface area (Å²) in [6.45, 7) is 0. The van der Waals surface area contributed by atoms with E-state index in [1.54, 1.807) is 6.07 Å². The number of aromatic hydroxyl groups is 1. The lowest BCUT2D eigenvalue weighted by molar-refractivity contribution is 0.474. The lowest BCUT2D eigenvalue weighted by Gasteiger charge is -2.10. The van der Waals surface area contributed by atoms with Crippen LogP contribution in [0, 0.1) is 0 Å². The lowest BCUT2D eigenvalue weighted by Crippen LogP contribution is -2.09. The summed E-state index contributed by atoms with van der Waals surface area (Å²) in [7, 11) is 0. The van der Waals surface area contributed by atoms with E-state index >= 15 is 0 Å². The molecule has 0 aromatic heterocycles. The first kappa shape index (κ1) is 14.5. The Morgan fingerprint density at radius 3 is 2.48 bits per heavy atom. The van der Waals surface area contributed by atoms with Crippen LogP contribution in [-0.2, 0) is 0 Å². The van der Waals surface area contributed by atoms with Crippen molar-refractivity contribution in [3.8, 4) is 5.75 Å². The molecule has 6 heteroatoms. The molecular formula is C15H11Cl3N2O. The number of hydrogen-bond donors (Lipinski definition) is 2. The van der Waals surface area contributed by atoms with Crippen molar-refractivity contribution in [3.63, 3.8) is 0 Å². The number of hydrazone groups is 1. The van der Waals surface area contributed by atoms with Crippen molar-refractivity contribution in [2.75, 3.05) is 0 Å². The zero-order valence-electron chi connectivity index (χ0n) is 10.8. The molecule has 0 radical (unpaired) electrons. The maximum atomic E-state index is 10.1. The molecule has 2 N–H and O–H groups in total. The predicted octanol–water partition coefficient (Wildman–Crippen LogP) is 4.79. The number of rotatable bonds is 2. The topological polar surface area (TPSA) is 44.6 Å². The van der Waals surface area contributed by atoms with Crippen LogP contribution in [0.15, 0.2) is 41.5 Å². The Morgan fingerprint density at radius 2 is 1.76 bits per heavy atom. The van der Waals surface area contributed by atoms with Gasteiger partial charge in [-0.05, 0) is 29.8 Å². The van der Waals surface area contributed by atoms with Gasteiger partial charge in [0.15, 0.2) is 0 Å². The molecular weight excluding hydrogens is 331 g/mol. The third-order valence-electron chi connectivity index (χ3n) is 3.36. The molecule has 3 nitrogen and oxygen atoms in total. The Balaban J connectivity index is 1.85. The van der Waals surface area contributed by atoms with E-state index in [0.717, 1.165) is 11.3 Å². The summed E-state index contributed by atoms with van der Waals surface area (Å²) in [6.07, 6.45) is 0.631. The van der Waals surface area contributed by atoms with Crippen molar-refractivity contribution in [1.29, 1.82) is 0 Å². The second kappa shape index (κ2) is 5.76. The summed E-state index contributed by atoms with van der Waals surface area (Å²) in [5.74, 6) is -0.00151. The number of benzene rings is 2. The normalized spacial score (nSPS) is 17.5. The summed E-state index contributed by atoms with van der Waals surface area (Å²) in [5, 5.41) is 15.7. The molecule has 0 aliphatic carbocycles. The van der Waals surface area contributed by atoms with Gasteiger partial charge in [0.2, 0.25) is 0 Å². The summed E-state index contributed by atoms with van der Waals surface area (Å²) in [5.41, 5.74) is 5.40. The Labute approximate surface area is 137 Å². The van der Waals surface area contributed by atoms with Gasteiger partial charge in [0.05, 0.1) is 16.8 Å². The molecule has 2 aromatic carbocycles. The fourth-order valence-electron chi connectivity index (χ4n) is 2.28. The fourth-order valence-corrected chi connectivity index (χ4v) is 2.90. The second-order valence-electron chi connectivity index (χ2n) is 4.78. The van der Waals surface area contributed by atoms with E-state index in [2.05, 4.69) is 10.5 Å². The molecule has 1 aliphatic rings. The van der Waals surface area contributed by atoms with Gasteiger partial charge >= 0.3 is 0 Å². The van der Waals surface area contributed by atoms with Crippen LogP contribution in [0.25, 0.3) is 0 Å². The average Bonchev–Trinajstić information content (AvgIpc) is 2.93. The molecule has 2 aromatic rings. The van der Waals surface area contributed by atoms with Crippen LogP contribution in [0.4, 0.5) is 0 Å². The van der Waals surface area contributed by atoms with Gasteiger partial charge in [-0.2, -0.15) is 5.10 Å². The van der Waals surface area contributed by atoms with Crippen LogP contribution in [-0.4, -0.2) is 10.8 Å². The van der Waals surface area contributed by atoms with E-state index in [4.69, 9.17) is 34.8 Å². The smallest absolute Gasteiger partial charge is 0.143 e. The minimum Gasteiger partial charge on any atom is -0.506 e. The highest BCUT2D eigenvalue weighted by molar-refractivity contribution is 6.36. The molecule has 1 atom stereocenters. The van der Waals surface area contributed by atoms with Crippen LogP contribution < -0.4 is 5.43 Å². The zero-order chi connectivity index (χ0) is 15.0. The molecule has 108 valence electrons. The van der Waals surface area contributed by atoms with Gasteiger partial charge in [0.25, 0.3) is 0 Å². The third-order valence-corrected chi connectivity index (χ3v) is 4.12. The van der Waals surface area contributed by atoms with Crippen molar-refractivity contribution in [1.82, 2.24) is 5.43 Å². The molecule has 1 heterocycles. The van der Waals surface area contributed by atoms with Gasteiger partial charge in [0, 0.05) is 22.0 Å². The summed E-state index contributed by atoms with van der Waals surface area (Å²) in [6, 6.07) is 10.8. The molecule has 0 saturated carbocycles. The number of hydrogen-bond acceptors (Lipinski definition) is 3. The average molecular weight is 342 g/mol. The van der Waals surface area contributed by atoms with Crippen molar-refractivity contribution in [3.05, 3.63) is 62.6 Å². The van der Waals surface area contributed by atoms with Crippen molar-refractivity contribution in [2.45, 2.75) is 12.5 Å². The van der Waals surface area contributed by atoms with Crippen LogP contribution >= 0.6 is 34.8 Å². The predicted molar refractivity (Wildman–Crippen MR) is 86.6 cm³/mol. The summed E-state index contributed by atoms with van der Waals surface area (Å²) in [4.78, 5) is 0. The molecule has 0 unspecified atom stereocenters. The van der Waals surface area contributed by atoms with Crippen molar-refractivity contribution >= 4 is 40.5 Å². The number of nitrogens with zero attached hydrogens (tertiary/aromatic N) is 1. The maximum absolute atomic E-state index is 10.1. The van der Waals surface area contributed by atoms with Gasteiger partial charge in [-0.15, -0.1) is 0 Å². The number of phenolic OH excluding ortho intramolecular Hbond substituents is 1. The van der Waals surface area contributed by atoms with Crippen molar-refractivity contribution < 1.29 is 5.11 Å². The summed E-state index contributed by atoms with van der Waals surface area (Å²) >= 11 is 17.8. The van der Waals surface area contributed by atoms with Crippen LogP contribution in [0.1, 0.15) is 23.6 Å². The molecule has 0 amide bonds. The minimum absolute atomic E-state index is 0.00151. The molecule has 3 rings (SSSR count). The SMILES string of the molecule is Oc1c(Cl)cc(Cl)cc1C1=NN[C@@H](c2ccc(Cl)cc2)C1. The standard InChI is InChI=1S/C15H11Cl3N2O/c16-9-3-1-8(2-4-9)13-7-14(20-19-13)11-5-10(17)6-12(18)15(11)21/h1-6,13,19,21H,7H2/t13-/m1/s1. The number of phenols is 1. The van der Waals surface area contributed by atoms with E-state index in [9.17, 15) is 5.11 Å². The highest BCUT2D eigenvalue weighted by Gasteiger charge is 2.24. The van der Waals surface area contributed by atoms with Gasteiger partial charge in [-0.25, -0.2) is 0 Å². The highest BCUT2D eigenvalue weighted by Crippen LogP contribution is 2.35. The van der Waals surface area contributed by atoms with Gasteiger partial charge in [0.1, 0.15) is 5.75 Å². The third kappa shape index (κ3) is 2.95. The second-order valence-corrected chi connectivity index (χ2v) is 6.06. The fraction of sp³-hybridized carbons (Fsp3) is 0.133. The largest absolute Gasteiger partial charge is 0.506 e. The first-order valence-corrected chi connectivity index (χ1v) is 7.44. The quantitative estimate of drug-likeness (QED) is 0.824. The van der Waals surface area contributed by atoms with E-state index < -0.39 is 0 Å². The van der Waals surface area contributed by atoms with E-state index in [-0.39, 0.29) is 16.8 Å². The van der Waals surface area contributed by atoms with Crippen LogP contribution in [0.3, 0.4) is 0 Å². The van der Waals surface area contributed by atoms with Crippen molar-refractivity contribution in [2.24, 2.45) is 5.10 Å². The van der Waals surface area contributed by atoms with E-state index in [1.807, 2.05) is 24.3 Å². The number of nitrogens with one attached hydrogen (secondary N) is 1. The molecule has 0 saturated heterocycles. The first-order valence-electron chi connectivity index (χ1n) is 6.30. The van der Waals surface area contributed by atoms with Crippen LogP contribution in [0.5, 0.6) is 5.75 Å². The highest BCUT2D eigenvalue weighted by atomic mass is 35.5. The Morgan fingerprint density at radius 1 is 1.05 bits per heavy atom. The van der Waals surface area contributed by atoms with E-state index in [0.29, 0.717) is 22.0 Å². The molecule has 0 bridgehead atoms. The minimum atomic E-state index is -0.00151. The number of halogens is 3. The molecule has 0 spiro atoms. The van der Waals surface area contributed by atoms with Crippen LogP contribution in [0.2, 0.25) is 15.1 Å². The maximum Gasteiger partial charge on any atom is 0.143 e. The van der Waals surface area contributed by atoms with E-state index in [1.165, 1.54) is 6.07 Å². The first-order chi connectivity index (χ1) is 10.0. The summed E-state index contributed by atoms with van der Waals surface area (Å²) < 4.78 is 0. The monoisotopic (exact) mass is 340 g/mol. The molecule has 21 heavy (non-hydrogen) atoms. The Hall–Kier alpha value is -1.42. The Kier molecular flexibility index (Phi) is 3.98. The molecule has 1 aliphatic heterocycles. The van der Waals surface area contributed by atoms with Gasteiger partial charge < -0.3 is 10.5 Å². The molecule has 0 fully saturated rings. The van der Waals surface area contributed by atoms with Gasteiger partial charge in [-0.3, -0.25) is 0 Å². The zero-order valence-corrected chi connectivity index (χ0v) is 13.0. The Bertz CT molecular complexity index is 714. The lowest BCUT2D eigenvalue weighted by atomic mass is 9.99. The van der Waals surface area contributed by atoms with Gasteiger partial charge in [-0.1, -0.05) is 46.9 Å².